The van der Waals surface area contributed by atoms with Gasteiger partial charge >= 0.3 is 11.4 Å². The molecule has 2 aromatic carbocycles. The van der Waals surface area contributed by atoms with Gasteiger partial charge in [-0.25, -0.2) is 4.90 Å². The van der Waals surface area contributed by atoms with Gasteiger partial charge in [-0.05, 0) is 37.8 Å². The highest BCUT2D eigenvalue weighted by molar-refractivity contribution is 6.25. The lowest BCUT2D eigenvalue weighted by molar-refractivity contribution is -0.392. The van der Waals surface area contributed by atoms with Gasteiger partial charge in [0.15, 0.2) is 17.3 Å². The first-order valence-electron chi connectivity index (χ1n) is 13.8. The lowest BCUT2D eigenvalue weighted by Gasteiger charge is -2.42. The number of hydrogen-bond donors (Lipinski definition) is 1. The number of para-hydroxylation sites is 1. The average molecular weight is 599 g/mol. The van der Waals surface area contributed by atoms with Gasteiger partial charge in [-0.15, -0.1) is 0 Å². The third kappa shape index (κ3) is 4.07. The molecule has 224 valence electrons. The van der Waals surface area contributed by atoms with Crippen LogP contribution in [0, 0.1) is 38.0 Å². The zero-order valence-electron chi connectivity index (χ0n) is 23.8. The molecule has 4 atom stereocenters. The summed E-state index contributed by atoms with van der Waals surface area (Å²) in [5.74, 6) is -5.68. The maximum atomic E-state index is 14.2. The number of nitro benzene ring substituents is 2. The number of ketones is 2. The summed E-state index contributed by atoms with van der Waals surface area (Å²) in [4.78, 5) is 79.0. The molecule has 2 amide bonds. The van der Waals surface area contributed by atoms with Crippen LogP contribution < -0.4 is 9.80 Å². The van der Waals surface area contributed by atoms with Crippen LogP contribution in [-0.2, 0) is 19.2 Å². The topological polar surface area (TPSA) is 181 Å². The third-order valence-electron chi connectivity index (χ3n) is 8.96. The SMILES string of the molecule is CC1=CC(=O)C2=C(C[C@@H]3C(=CC[C@@H]4C(=O)N(c5cc([N+](=O)[O-])c(N(C)C)c([N+](=O)[O-])c5)C(=O)[C@@H]43)[C@@H]2c2ccccc2O)C1=O. The molecule has 0 unspecified atom stereocenters. The minimum atomic E-state index is -1.01. The Kier molecular flexibility index (Phi) is 6.56. The van der Waals surface area contributed by atoms with Gasteiger partial charge in [0.2, 0.25) is 11.8 Å². The lowest BCUT2D eigenvalue weighted by atomic mass is 9.59. The molecule has 4 aliphatic rings. The van der Waals surface area contributed by atoms with Crippen molar-refractivity contribution >= 4 is 46.1 Å². The minimum Gasteiger partial charge on any atom is -0.508 e. The predicted octanol–water partition coefficient (Wildman–Crippen LogP) is 3.91. The van der Waals surface area contributed by atoms with E-state index in [2.05, 4.69) is 0 Å². The number of amides is 2. The summed E-state index contributed by atoms with van der Waals surface area (Å²) in [5.41, 5.74) is -0.204. The fourth-order valence-corrected chi connectivity index (χ4v) is 7.18. The number of nitrogens with zero attached hydrogens (tertiary/aromatic N) is 4. The van der Waals surface area contributed by atoms with Crippen molar-refractivity contribution in [3.05, 3.63) is 96.6 Å². The molecule has 13 heteroatoms. The maximum Gasteiger partial charge on any atom is 0.301 e. The van der Waals surface area contributed by atoms with Crippen molar-refractivity contribution in [2.24, 2.45) is 17.8 Å². The molecule has 3 aliphatic carbocycles. The van der Waals surface area contributed by atoms with E-state index < -0.39 is 56.7 Å². The van der Waals surface area contributed by atoms with Crippen LogP contribution in [0.25, 0.3) is 0 Å². The number of carbonyl (C=O) groups excluding carboxylic acids is 4. The number of phenols is 1. The first kappa shape index (κ1) is 28.6. The number of nitro groups is 2. The van der Waals surface area contributed by atoms with Crippen molar-refractivity contribution in [3.8, 4) is 5.75 Å². The third-order valence-corrected chi connectivity index (χ3v) is 8.96. The molecule has 1 aliphatic heterocycles. The normalized spacial score (nSPS) is 24.4. The Bertz CT molecular complexity index is 1800. The number of rotatable bonds is 5. The summed E-state index contributed by atoms with van der Waals surface area (Å²) in [6.45, 7) is 1.53. The standard InChI is InChI=1S/C31H26N4O9/c1-14-10-24(37)27-20(29(14)38)13-19-16(25(27)17-6-4-5-7-23(17)36)8-9-18-26(19)31(40)33(30(18)39)15-11-21(34(41)42)28(32(2)3)22(12-15)35(43)44/h4-8,10-12,18-19,25-26,36H,9,13H2,1-3H3/t18-,19+,25+,26-/m0/s1. The van der Waals surface area contributed by atoms with E-state index in [1.807, 2.05) is 0 Å². The van der Waals surface area contributed by atoms with Crippen LogP contribution in [0.4, 0.5) is 22.7 Å². The fraction of sp³-hybridized carbons (Fsp3) is 0.290. The summed E-state index contributed by atoms with van der Waals surface area (Å²) in [7, 11) is 2.81. The molecular weight excluding hydrogens is 572 g/mol. The molecule has 0 bridgehead atoms. The van der Waals surface area contributed by atoms with Crippen LogP contribution in [-0.4, -0.2) is 52.4 Å². The molecule has 2 aromatic rings. The van der Waals surface area contributed by atoms with E-state index in [4.69, 9.17) is 0 Å². The Balaban J connectivity index is 1.49. The second-order valence-electron chi connectivity index (χ2n) is 11.5. The number of imide groups is 1. The van der Waals surface area contributed by atoms with Crippen molar-refractivity contribution in [1.29, 1.82) is 0 Å². The number of aromatic hydroxyl groups is 1. The van der Waals surface area contributed by atoms with Gasteiger partial charge in [0.1, 0.15) is 5.75 Å². The highest BCUT2D eigenvalue weighted by Crippen LogP contribution is 2.56. The minimum absolute atomic E-state index is 0.00505. The zero-order chi connectivity index (χ0) is 31.8. The summed E-state index contributed by atoms with van der Waals surface area (Å²) in [6.07, 6.45) is 3.12. The van der Waals surface area contributed by atoms with Crippen molar-refractivity contribution in [1.82, 2.24) is 0 Å². The Labute approximate surface area is 250 Å². The van der Waals surface area contributed by atoms with Gasteiger partial charge in [0, 0.05) is 54.4 Å². The number of allylic oxidation sites excluding steroid dienone is 6. The molecule has 0 radical (unpaired) electrons. The van der Waals surface area contributed by atoms with Crippen molar-refractivity contribution in [2.75, 3.05) is 23.9 Å². The van der Waals surface area contributed by atoms with Crippen LogP contribution in [0.1, 0.15) is 31.2 Å². The molecule has 6 rings (SSSR count). The van der Waals surface area contributed by atoms with Gasteiger partial charge in [-0.2, -0.15) is 0 Å². The number of hydrogen-bond acceptors (Lipinski definition) is 10. The summed E-state index contributed by atoms with van der Waals surface area (Å²) < 4.78 is 0. The summed E-state index contributed by atoms with van der Waals surface area (Å²) in [5, 5.41) is 34.7. The van der Waals surface area contributed by atoms with E-state index in [1.54, 1.807) is 24.3 Å². The molecule has 0 saturated carbocycles. The number of carbonyl (C=O) groups is 4. The van der Waals surface area contributed by atoms with Gasteiger partial charge in [0.05, 0.1) is 27.4 Å². The second kappa shape index (κ2) is 10.1. The molecule has 1 fully saturated rings. The first-order chi connectivity index (χ1) is 20.8. The molecule has 13 nitrogen and oxygen atoms in total. The monoisotopic (exact) mass is 598 g/mol. The molecule has 1 N–H and O–H groups in total. The maximum absolute atomic E-state index is 14.2. The van der Waals surface area contributed by atoms with E-state index in [1.165, 1.54) is 38.1 Å². The Hall–Kier alpha value is -5.46. The molecule has 1 heterocycles. The van der Waals surface area contributed by atoms with Crippen LogP contribution in [0.5, 0.6) is 5.75 Å². The molecular formula is C31H26N4O9. The first-order valence-corrected chi connectivity index (χ1v) is 13.8. The van der Waals surface area contributed by atoms with Crippen LogP contribution >= 0.6 is 0 Å². The number of anilines is 2. The van der Waals surface area contributed by atoms with Gasteiger partial charge in [0.25, 0.3) is 0 Å². The Morgan fingerprint density at radius 2 is 1.59 bits per heavy atom. The number of Topliss-reactive ketones (excluding diaryl/α,β-unsaturated/α-hetero) is 1. The number of phenolic OH excluding ortho intramolecular Hbond substituents is 1. The van der Waals surface area contributed by atoms with Crippen molar-refractivity contribution in [3.63, 3.8) is 0 Å². The highest BCUT2D eigenvalue weighted by Gasteiger charge is 2.57. The summed E-state index contributed by atoms with van der Waals surface area (Å²) >= 11 is 0. The Morgan fingerprint density at radius 1 is 0.955 bits per heavy atom. The van der Waals surface area contributed by atoms with Crippen molar-refractivity contribution in [2.45, 2.75) is 25.7 Å². The van der Waals surface area contributed by atoms with E-state index in [-0.39, 0.29) is 58.3 Å². The van der Waals surface area contributed by atoms with Crippen LogP contribution in [0.15, 0.2) is 70.8 Å². The van der Waals surface area contributed by atoms with Crippen molar-refractivity contribution < 1.29 is 34.1 Å². The largest absolute Gasteiger partial charge is 0.508 e. The van der Waals surface area contributed by atoms with Crippen LogP contribution in [0.3, 0.4) is 0 Å². The molecule has 1 saturated heterocycles. The zero-order valence-corrected chi connectivity index (χ0v) is 23.8. The van der Waals surface area contributed by atoms with E-state index in [0.29, 0.717) is 11.1 Å². The van der Waals surface area contributed by atoms with E-state index in [0.717, 1.165) is 17.0 Å². The van der Waals surface area contributed by atoms with E-state index in [9.17, 15) is 44.5 Å². The smallest absolute Gasteiger partial charge is 0.301 e. The quantitative estimate of drug-likeness (QED) is 0.174. The fourth-order valence-electron chi connectivity index (χ4n) is 7.18. The molecule has 0 spiro atoms. The van der Waals surface area contributed by atoms with Crippen LogP contribution in [0.2, 0.25) is 0 Å². The molecule has 44 heavy (non-hydrogen) atoms. The van der Waals surface area contributed by atoms with Gasteiger partial charge in [-0.3, -0.25) is 39.4 Å². The number of benzene rings is 2. The second-order valence-corrected chi connectivity index (χ2v) is 11.5. The predicted molar refractivity (Wildman–Crippen MR) is 156 cm³/mol. The molecule has 0 aromatic heterocycles. The summed E-state index contributed by atoms with van der Waals surface area (Å²) in [6, 6.07) is 8.37. The highest BCUT2D eigenvalue weighted by atomic mass is 16.6. The number of fused-ring (bicyclic) bond motifs is 3. The van der Waals surface area contributed by atoms with E-state index >= 15 is 0 Å². The average Bonchev–Trinajstić information content (AvgIpc) is 3.23. The Morgan fingerprint density at radius 3 is 2.18 bits per heavy atom. The lowest BCUT2D eigenvalue weighted by Crippen LogP contribution is -2.39. The van der Waals surface area contributed by atoms with Gasteiger partial charge < -0.3 is 10.0 Å². The van der Waals surface area contributed by atoms with Gasteiger partial charge in [-0.1, -0.05) is 29.8 Å².